The summed E-state index contributed by atoms with van der Waals surface area (Å²) in [6.07, 6.45) is 1.66. The molecule has 0 atom stereocenters. The minimum Gasteiger partial charge on any atom is -0.280 e. The van der Waals surface area contributed by atoms with Crippen molar-refractivity contribution in [3.8, 4) is 0 Å². The van der Waals surface area contributed by atoms with E-state index in [1.807, 2.05) is 0 Å². The Labute approximate surface area is 111 Å². The molecule has 0 fully saturated rings. The van der Waals surface area contributed by atoms with E-state index in [0.717, 1.165) is 17.7 Å². The summed E-state index contributed by atoms with van der Waals surface area (Å²) in [6, 6.07) is 11.4. The maximum Gasteiger partial charge on any atom is 0.261 e. The Morgan fingerprint density at radius 2 is 1.58 bits per heavy atom. The van der Waals surface area contributed by atoms with E-state index in [2.05, 4.69) is 11.3 Å². The maximum atomic E-state index is 12.8. The first-order valence-electron chi connectivity index (χ1n) is 5.52. The van der Waals surface area contributed by atoms with Crippen LogP contribution < -0.4 is 4.72 Å². The molecule has 0 amide bonds. The molecule has 0 radical (unpaired) electrons. The Morgan fingerprint density at radius 3 is 2.11 bits per heavy atom. The monoisotopic (exact) mass is 277 g/mol. The highest BCUT2D eigenvalue weighted by atomic mass is 32.2. The quantitative estimate of drug-likeness (QED) is 0.932. The fraction of sp³-hybridized carbons (Fsp3) is 0. The van der Waals surface area contributed by atoms with Gasteiger partial charge < -0.3 is 0 Å². The van der Waals surface area contributed by atoms with Crippen LogP contribution in [0, 0.1) is 5.82 Å². The highest BCUT2D eigenvalue weighted by molar-refractivity contribution is 7.92. The van der Waals surface area contributed by atoms with Crippen molar-refractivity contribution in [1.82, 2.24) is 0 Å². The molecule has 0 saturated carbocycles. The molecule has 0 unspecified atom stereocenters. The lowest BCUT2D eigenvalue weighted by atomic mass is 10.2. The molecule has 0 aromatic heterocycles. The maximum absolute atomic E-state index is 12.8. The van der Waals surface area contributed by atoms with Crippen LogP contribution in [0.5, 0.6) is 0 Å². The zero-order valence-electron chi connectivity index (χ0n) is 10.0. The summed E-state index contributed by atoms with van der Waals surface area (Å²) in [7, 11) is -3.69. The molecule has 0 spiro atoms. The van der Waals surface area contributed by atoms with E-state index < -0.39 is 15.8 Å². The van der Waals surface area contributed by atoms with Gasteiger partial charge in [0, 0.05) is 5.69 Å². The van der Waals surface area contributed by atoms with Gasteiger partial charge in [0.2, 0.25) is 0 Å². The number of rotatable bonds is 4. The molecule has 2 aromatic carbocycles. The van der Waals surface area contributed by atoms with Crippen LogP contribution in [0.2, 0.25) is 0 Å². The summed E-state index contributed by atoms with van der Waals surface area (Å²) < 4.78 is 39.2. The van der Waals surface area contributed by atoms with E-state index in [4.69, 9.17) is 0 Å². The molecule has 0 aliphatic rings. The molecule has 2 rings (SSSR count). The van der Waals surface area contributed by atoms with Gasteiger partial charge in [-0.2, -0.15) is 0 Å². The molecule has 98 valence electrons. The Kier molecular flexibility index (Phi) is 3.66. The van der Waals surface area contributed by atoms with Crippen LogP contribution in [0.3, 0.4) is 0 Å². The minimum absolute atomic E-state index is 0.0155. The molecule has 5 heteroatoms. The van der Waals surface area contributed by atoms with Crippen molar-refractivity contribution in [1.29, 1.82) is 0 Å². The standard InChI is InChI=1S/C14H12FNO2S/c1-2-11-3-7-13(8-4-11)16-19(17,18)14-9-5-12(15)6-10-14/h2-10,16H,1H2. The smallest absolute Gasteiger partial charge is 0.261 e. The highest BCUT2D eigenvalue weighted by Gasteiger charge is 2.13. The van der Waals surface area contributed by atoms with Crippen molar-refractivity contribution >= 4 is 21.8 Å². The predicted molar refractivity (Wildman–Crippen MR) is 73.7 cm³/mol. The van der Waals surface area contributed by atoms with E-state index in [1.165, 1.54) is 12.1 Å². The number of benzene rings is 2. The molecule has 0 aliphatic heterocycles. The normalized spacial score (nSPS) is 11.0. The van der Waals surface area contributed by atoms with Crippen LogP contribution in [-0.2, 0) is 10.0 Å². The molecular formula is C14H12FNO2S. The number of halogens is 1. The molecule has 2 aromatic rings. The van der Waals surface area contributed by atoms with Crippen LogP contribution in [0.4, 0.5) is 10.1 Å². The first kappa shape index (κ1) is 13.3. The SMILES string of the molecule is C=Cc1ccc(NS(=O)(=O)c2ccc(F)cc2)cc1. The Hall–Kier alpha value is -2.14. The predicted octanol–water partition coefficient (Wildman–Crippen LogP) is 3.27. The van der Waals surface area contributed by atoms with Gasteiger partial charge in [-0.3, -0.25) is 4.72 Å². The highest BCUT2D eigenvalue weighted by Crippen LogP contribution is 2.17. The lowest BCUT2D eigenvalue weighted by molar-refractivity contribution is 0.599. The van der Waals surface area contributed by atoms with Gasteiger partial charge in [-0.25, -0.2) is 12.8 Å². The second kappa shape index (κ2) is 5.24. The van der Waals surface area contributed by atoms with Gasteiger partial charge in [0.05, 0.1) is 4.90 Å². The third-order valence-corrected chi connectivity index (χ3v) is 3.92. The third-order valence-electron chi connectivity index (χ3n) is 2.52. The summed E-state index contributed by atoms with van der Waals surface area (Å²) in [6.45, 7) is 3.62. The van der Waals surface area contributed by atoms with Gasteiger partial charge in [0.1, 0.15) is 5.82 Å². The zero-order valence-corrected chi connectivity index (χ0v) is 10.8. The molecule has 1 N–H and O–H groups in total. The molecule has 19 heavy (non-hydrogen) atoms. The second-order valence-corrected chi connectivity index (χ2v) is 5.57. The summed E-state index contributed by atoms with van der Waals surface area (Å²) >= 11 is 0. The summed E-state index contributed by atoms with van der Waals surface area (Å²) in [5.74, 6) is -0.478. The first-order chi connectivity index (χ1) is 9.01. The van der Waals surface area contributed by atoms with Crippen LogP contribution >= 0.6 is 0 Å². The minimum atomic E-state index is -3.69. The summed E-state index contributed by atoms with van der Waals surface area (Å²) in [5, 5.41) is 0. The van der Waals surface area contributed by atoms with Gasteiger partial charge in [0.15, 0.2) is 0 Å². The summed E-state index contributed by atoms with van der Waals surface area (Å²) in [4.78, 5) is 0.0155. The zero-order chi connectivity index (χ0) is 13.9. The van der Waals surface area contributed by atoms with E-state index >= 15 is 0 Å². The molecular weight excluding hydrogens is 265 g/mol. The lowest BCUT2D eigenvalue weighted by Gasteiger charge is -2.08. The van der Waals surface area contributed by atoms with Crippen molar-refractivity contribution in [2.45, 2.75) is 4.90 Å². The van der Waals surface area contributed by atoms with Crippen LogP contribution in [0.25, 0.3) is 6.08 Å². The van der Waals surface area contributed by atoms with Gasteiger partial charge in [-0.15, -0.1) is 0 Å². The number of sulfonamides is 1. The third kappa shape index (κ3) is 3.20. The Morgan fingerprint density at radius 1 is 1.00 bits per heavy atom. The van der Waals surface area contributed by atoms with Crippen molar-refractivity contribution in [3.63, 3.8) is 0 Å². The van der Waals surface area contributed by atoms with E-state index in [9.17, 15) is 12.8 Å². The average Bonchev–Trinajstić information content (AvgIpc) is 2.40. The fourth-order valence-electron chi connectivity index (χ4n) is 1.52. The molecule has 0 bridgehead atoms. The Bertz CT molecular complexity index is 676. The van der Waals surface area contributed by atoms with Crippen LogP contribution in [0.15, 0.2) is 60.0 Å². The first-order valence-corrected chi connectivity index (χ1v) is 7.00. The number of anilines is 1. The second-order valence-electron chi connectivity index (χ2n) is 3.89. The number of hydrogen-bond acceptors (Lipinski definition) is 2. The Balaban J connectivity index is 2.25. The van der Waals surface area contributed by atoms with E-state index in [0.29, 0.717) is 5.69 Å². The summed E-state index contributed by atoms with van der Waals surface area (Å²) in [5.41, 5.74) is 1.33. The molecule has 0 saturated heterocycles. The average molecular weight is 277 g/mol. The van der Waals surface area contributed by atoms with E-state index in [-0.39, 0.29) is 4.90 Å². The van der Waals surface area contributed by atoms with Gasteiger partial charge in [-0.05, 0) is 42.0 Å². The number of nitrogens with one attached hydrogen (secondary N) is 1. The number of hydrogen-bond donors (Lipinski definition) is 1. The van der Waals surface area contributed by atoms with E-state index in [1.54, 1.807) is 30.3 Å². The van der Waals surface area contributed by atoms with Crippen LogP contribution in [0.1, 0.15) is 5.56 Å². The molecule has 0 heterocycles. The molecule has 3 nitrogen and oxygen atoms in total. The lowest BCUT2D eigenvalue weighted by Crippen LogP contribution is -2.12. The van der Waals surface area contributed by atoms with Crippen molar-refractivity contribution in [2.75, 3.05) is 4.72 Å². The van der Waals surface area contributed by atoms with Crippen molar-refractivity contribution in [3.05, 3.63) is 66.5 Å². The molecule has 0 aliphatic carbocycles. The van der Waals surface area contributed by atoms with Crippen molar-refractivity contribution in [2.24, 2.45) is 0 Å². The van der Waals surface area contributed by atoms with Gasteiger partial charge in [-0.1, -0.05) is 24.8 Å². The van der Waals surface area contributed by atoms with Gasteiger partial charge in [0.25, 0.3) is 10.0 Å². The largest absolute Gasteiger partial charge is 0.280 e. The topological polar surface area (TPSA) is 46.2 Å². The van der Waals surface area contributed by atoms with Gasteiger partial charge >= 0.3 is 0 Å². The van der Waals surface area contributed by atoms with Crippen LogP contribution in [-0.4, -0.2) is 8.42 Å². The fourth-order valence-corrected chi connectivity index (χ4v) is 2.57. The van der Waals surface area contributed by atoms with Crippen molar-refractivity contribution < 1.29 is 12.8 Å².